The van der Waals surface area contributed by atoms with Crippen LogP contribution in [0.25, 0.3) is 11.1 Å². The number of amides is 1. The lowest BCUT2D eigenvalue weighted by Gasteiger charge is -2.46. The SMILES string of the molecule is C[C@H]1CN(C2COC2)CCN1c1cnc(Nc2cc(-c3ccnc(N4CCn5c(cc6c5CCCC6)C4=O)c3CO)cn(C)c2=O)cn1. The molecule has 1 atom stereocenters. The highest BCUT2D eigenvalue weighted by atomic mass is 16.5. The number of aliphatic hydroxyl groups is 1. The molecule has 0 aromatic carbocycles. The molecule has 2 N–H and O–H groups in total. The van der Waals surface area contributed by atoms with Crippen LogP contribution < -0.4 is 20.7 Å². The molecule has 250 valence electrons. The number of fused-ring (bicyclic) bond motifs is 3. The standard InChI is InChI=1S/C35H41N9O4/c1-22-17-41(25-20-48-21-25)9-10-42(22)32-16-37-31(15-38-32)39-28-13-24(18-40(2)34(28)46)26-7-8-36-33(27(26)19-45)44-12-11-43-29-6-4-3-5-23(29)14-30(43)35(44)47/h7-8,13-16,18,22,25,45H,3-6,9-12,17,19-21H2,1-2H3,(H,37,39)/t22-/m0/s1. The van der Waals surface area contributed by atoms with Gasteiger partial charge in [0.25, 0.3) is 11.5 Å². The van der Waals surface area contributed by atoms with Crippen LogP contribution in [0, 0.1) is 0 Å². The Morgan fingerprint density at radius 3 is 2.62 bits per heavy atom. The van der Waals surface area contributed by atoms with Crippen molar-refractivity contribution in [3.63, 3.8) is 0 Å². The highest BCUT2D eigenvalue weighted by Crippen LogP contribution is 2.34. The van der Waals surface area contributed by atoms with Crippen LogP contribution in [0.15, 0.2) is 47.8 Å². The number of piperazine rings is 1. The van der Waals surface area contributed by atoms with Crippen molar-refractivity contribution in [2.75, 3.05) is 54.5 Å². The maximum absolute atomic E-state index is 13.8. The number of pyridine rings is 2. The fraction of sp³-hybridized carbons (Fsp3) is 0.457. The summed E-state index contributed by atoms with van der Waals surface area (Å²) >= 11 is 0. The van der Waals surface area contributed by atoms with Crippen LogP contribution in [0.3, 0.4) is 0 Å². The Kier molecular flexibility index (Phi) is 7.97. The van der Waals surface area contributed by atoms with Crippen LogP contribution >= 0.6 is 0 Å². The summed E-state index contributed by atoms with van der Waals surface area (Å²) in [6.45, 7) is 7.42. The van der Waals surface area contributed by atoms with Gasteiger partial charge >= 0.3 is 0 Å². The van der Waals surface area contributed by atoms with Crippen molar-refractivity contribution < 1.29 is 14.6 Å². The van der Waals surface area contributed by atoms with Crippen LogP contribution in [-0.2, 0) is 37.8 Å². The summed E-state index contributed by atoms with van der Waals surface area (Å²) in [4.78, 5) is 47.4. The van der Waals surface area contributed by atoms with Crippen molar-refractivity contribution in [2.45, 2.75) is 57.8 Å². The van der Waals surface area contributed by atoms with Gasteiger partial charge in [0.15, 0.2) is 0 Å². The lowest BCUT2D eigenvalue weighted by molar-refractivity contribution is -0.0692. The number of ether oxygens (including phenoxy) is 1. The van der Waals surface area contributed by atoms with Gasteiger partial charge in [-0.3, -0.25) is 19.4 Å². The number of aromatic nitrogens is 5. The van der Waals surface area contributed by atoms with Gasteiger partial charge < -0.3 is 29.2 Å². The first-order chi connectivity index (χ1) is 23.4. The number of hydrogen-bond donors (Lipinski definition) is 2. The molecule has 48 heavy (non-hydrogen) atoms. The predicted octanol–water partition coefficient (Wildman–Crippen LogP) is 2.72. The molecule has 4 aliphatic rings. The summed E-state index contributed by atoms with van der Waals surface area (Å²) in [5, 5.41) is 13.8. The van der Waals surface area contributed by atoms with E-state index in [1.165, 1.54) is 15.8 Å². The molecule has 0 bridgehead atoms. The zero-order chi connectivity index (χ0) is 32.9. The molecule has 8 rings (SSSR count). The maximum atomic E-state index is 13.8. The molecule has 0 saturated carbocycles. The molecule has 0 unspecified atom stereocenters. The number of anilines is 4. The smallest absolute Gasteiger partial charge is 0.276 e. The lowest BCUT2D eigenvalue weighted by atomic mass is 9.98. The van der Waals surface area contributed by atoms with Crippen molar-refractivity contribution in [3.8, 4) is 11.1 Å². The number of aliphatic hydroxyl groups excluding tert-OH is 1. The average Bonchev–Trinajstić information content (AvgIpc) is 3.46. The minimum atomic E-state index is -0.320. The molecule has 2 saturated heterocycles. The first-order valence-corrected chi connectivity index (χ1v) is 16.9. The van der Waals surface area contributed by atoms with Crippen LogP contribution in [0.2, 0.25) is 0 Å². The molecule has 13 heteroatoms. The van der Waals surface area contributed by atoms with E-state index in [-0.39, 0.29) is 18.1 Å². The molecule has 1 amide bonds. The maximum Gasteiger partial charge on any atom is 0.276 e. The second kappa shape index (κ2) is 12.5. The molecule has 0 spiro atoms. The minimum Gasteiger partial charge on any atom is -0.392 e. The van der Waals surface area contributed by atoms with Gasteiger partial charge in [0, 0.05) is 75.0 Å². The number of rotatable bonds is 7. The molecular formula is C35H41N9O4. The summed E-state index contributed by atoms with van der Waals surface area (Å²) in [7, 11) is 1.69. The van der Waals surface area contributed by atoms with Crippen LogP contribution in [0.4, 0.5) is 23.1 Å². The normalized spacial score (nSPS) is 20.0. The summed E-state index contributed by atoms with van der Waals surface area (Å²) in [5.41, 5.74) is 5.25. The molecule has 2 fully saturated rings. The van der Waals surface area contributed by atoms with Gasteiger partial charge in [-0.25, -0.2) is 15.0 Å². The van der Waals surface area contributed by atoms with Crippen molar-refractivity contribution >= 4 is 29.0 Å². The molecule has 13 nitrogen and oxygen atoms in total. The van der Waals surface area contributed by atoms with Crippen molar-refractivity contribution in [1.29, 1.82) is 0 Å². The van der Waals surface area contributed by atoms with Gasteiger partial charge in [0.05, 0.1) is 38.3 Å². The molecule has 0 radical (unpaired) electrons. The average molecular weight is 652 g/mol. The Hall–Kier alpha value is -4.59. The van der Waals surface area contributed by atoms with Gasteiger partial charge in [-0.1, -0.05) is 0 Å². The minimum absolute atomic E-state index is 0.107. The van der Waals surface area contributed by atoms with E-state index < -0.39 is 0 Å². The molecular weight excluding hydrogens is 610 g/mol. The zero-order valence-corrected chi connectivity index (χ0v) is 27.4. The third kappa shape index (κ3) is 5.35. The summed E-state index contributed by atoms with van der Waals surface area (Å²) < 4.78 is 9.04. The van der Waals surface area contributed by atoms with E-state index in [2.05, 4.69) is 41.6 Å². The van der Waals surface area contributed by atoms with E-state index in [0.717, 1.165) is 64.3 Å². The van der Waals surface area contributed by atoms with E-state index in [0.29, 0.717) is 64.9 Å². The van der Waals surface area contributed by atoms with E-state index in [1.54, 1.807) is 42.8 Å². The number of carbonyl (C=O) groups is 1. The third-order valence-corrected chi connectivity index (χ3v) is 10.4. The highest BCUT2D eigenvalue weighted by molar-refractivity contribution is 6.06. The predicted molar refractivity (Wildman–Crippen MR) is 182 cm³/mol. The van der Waals surface area contributed by atoms with E-state index in [4.69, 9.17) is 4.74 Å². The van der Waals surface area contributed by atoms with Gasteiger partial charge in [0.2, 0.25) is 0 Å². The van der Waals surface area contributed by atoms with Gasteiger partial charge in [-0.15, -0.1) is 0 Å². The monoisotopic (exact) mass is 651 g/mol. The summed E-state index contributed by atoms with van der Waals surface area (Å²) in [5.74, 6) is 1.58. The van der Waals surface area contributed by atoms with E-state index in [9.17, 15) is 14.7 Å². The molecule has 3 aliphatic heterocycles. The molecule has 7 heterocycles. The van der Waals surface area contributed by atoms with Crippen molar-refractivity contribution in [1.82, 2.24) is 29.0 Å². The van der Waals surface area contributed by atoms with Crippen molar-refractivity contribution in [2.24, 2.45) is 7.05 Å². The van der Waals surface area contributed by atoms with E-state index >= 15 is 0 Å². The number of hydrogen-bond acceptors (Lipinski definition) is 10. The summed E-state index contributed by atoms with van der Waals surface area (Å²) in [6.07, 6.45) is 11.1. The lowest BCUT2D eigenvalue weighted by Crippen LogP contribution is -2.59. The first-order valence-electron chi connectivity index (χ1n) is 16.9. The molecule has 4 aromatic heterocycles. The quantitative estimate of drug-likeness (QED) is 0.307. The second-order valence-electron chi connectivity index (χ2n) is 13.3. The Bertz CT molecular complexity index is 1920. The second-order valence-corrected chi connectivity index (χ2v) is 13.3. The molecule has 1 aliphatic carbocycles. The van der Waals surface area contributed by atoms with E-state index in [1.807, 2.05) is 12.1 Å². The third-order valence-electron chi connectivity index (χ3n) is 10.4. The fourth-order valence-corrected chi connectivity index (χ4v) is 7.69. The number of nitrogens with one attached hydrogen (secondary N) is 1. The Labute approximate surface area is 278 Å². The number of aryl methyl sites for hydroxylation is 2. The zero-order valence-electron chi connectivity index (χ0n) is 27.4. The Balaban J connectivity index is 1.04. The van der Waals surface area contributed by atoms with Crippen molar-refractivity contribution in [3.05, 3.63) is 75.9 Å². The number of nitrogens with zero attached hydrogens (tertiary/aromatic N) is 8. The highest BCUT2D eigenvalue weighted by Gasteiger charge is 2.34. The molecule has 4 aromatic rings. The van der Waals surface area contributed by atoms with Crippen LogP contribution in [-0.4, -0.2) is 91.5 Å². The first kappa shape index (κ1) is 30.7. The fourth-order valence-electron chi connectivity index (χ4n) is 7.69. The number of carbonyl (C=O) groups excluding carboxylic acids is 1. The summed E-state index contributed by atoms with van der Waals surface area (Å²) in [6, 6.07) is 6.40. The largest absolute Gasteiger partial charge is 0.392 e. The van der Waals surface area contributed by atoms with Crippen LogP contribution in [0.5, 0.6) is 0 Å². The van der Waals surface area contributed by atoms with Gasteiger partial charge in [-0.05, 0) is 61.9 Å². The van der Waals surface area contributed by atoms with Gasteiger partial charge in [0.1, 0.15) is 28.8 Å². The Morgan fingerprint density at radius 2 is 1.88 bits per heavy atom. The topological polar surface area (TPSA) is 134 Å². The van der Waals surface area contributed by atoms with Gasteiger partial charge in [-0.2, -0.15) is 0 Å². The Morgan fingerprint density at radius 1 is 1.02 bits per heavy atom. The van der Waals surface area contributed by atoms with Crippen LogP contribution in [0.1, 0.15) is 47.1 Å².